The molecule has 0 spiro atoms. The maximum Gasteiger partial charge on any atom is 0.239 e. The molecule has 0 unspecified atom stereocenters. The normalized spacial score (nSPS) is 16.1. The summed E-state index contributed by atoms with van der Waals surface area (Å²) in [4.78, 5) is 20.9. The van der Waals surface area contributed by atoms with Gasteiger partial charge in [-0.1, -0.05) is 30.3 Å². The Morgan fingerprint density at radius 3 is 2.42 bits per heavy atom. The Balaban J connectivity index is 1.79. The Morgan fingerprint density at radius 1 is 1.19 bits per heavy atom. The number of pyridine rings is 1. The summed E-state index contributed by atoms with van der Waals surface area (Å²) in [7, 11) is 0. The molecule has 134 valence electrons. The highest BCUT2D eigenvalue weighted by molar-refractivity contribution is 5.81. The third kappa shape index (κ3) is 3.53. The molecule has 1 fully saturated rings. The molecule has 1 aliphatic heterocycles. The Kier molecular flexibility index (Phi) is 5.19. The summed E-state index contributed by atoms with van der Waals surface area (Å²) in [6.07, 6.45) is 0. The summed E-state index contributed by atoms with van der Waals surface area (Å²) in [6.45, 7) is 6.63. The van der Waals surface area contributed by atoms with Gasteiger partial charge in [0.2, 0.25) is 5.91 Å². The summed E-state index contributed by atoms with van der Waals surface area (Å²) in [5.41, 5.74) is 9.06. The van der Waals surface area contributed by atoms with Crippen LogP contribution in [0.4, 0.5) is 5.82 Å². The fourth-order valence-electron chi connectivity index (χ4n) is 3.57. The zero-order valence-electron chi connectivity index (χ0n) is 15.1. The number of nitriles is 1. The first-order valence-corrected chi connectivity index (χ1v) is 8.73. The lowest BCUT2D eigenvalue weighted by Crippen LogP contribution is -2.50. The van der Waals surface area contributed by atoms with E-state index in [9.17, 15) is 10.1 Å². The van der Waals surface area contributed by atoms with Gasteiger partial charge >= 0.3 is 0 Å². The van der Waals surface area contributed by atoms with E-state index < -0.39 is 6.04 Å². The fourth-order valence-corrected chi connectivity index (χ4v) is 3.57. The average Bonchev–Trinajstić information content (AvgIpc) is 2.62. The van der Waals surface area contributed by atoms with Crippen LogP contribution in [0.1, 0.15) is 28.4 Å². The Morgan fingerprint density at radius 2 is 1.85 bits per heavy atom. The molecule has 0 bridgehead atoms. The van der Waals surface area contributed by atoms with Gasteiger partial charge in [0.25, 0.3) is 0 Å². The van der Waals surface area contributed by atoms with Gasteiger partial charge in [0.05, 0.1) is 5.56 Å². The van der Waals surface area contributed by atoms with E-state index in [1.807, 2.05) is 50.2 Å². The number of carbonyl (C=O) groups excluding carboxylic acids is 1. The smallest absolute Gasteiger partial charge is 0.239 e. The summed E-state index contributed by atoms with van der Waals surface area (Å²) in [6, 6.07) is 13.4. The number of anilines is 1. The predicted octanol–water partition coefficient (Wildman–Crippen LogP) is 1.92. The summed E-state index contributed by atoms with van der Waals surface area (Å²) >= 11 is 0. The monoisotopic (exact) mass is 349 g/mol. The number of aromatic nitrogens is 1. The van der Waals surface area contributed by atoms with Crippen molar-refractivity contribution < 1.29 is 4.79 Å². The van der Waals surface area contributed by atoms with Gasteiger partial charge in [-0.3, -0.25) is 9.69 Å². The summed E-state index contributed by atoms with van der Waals surface area (Å²) in [5.74, 6) is 0.395. The molecule has 2 heterocycles. The van der Waals surface area contributed by atoms with Crippen molar-refractivity contribution in [3.05, 3.63) is 58.8 Å². The highest BCUT2D eigenvalue weighted by atomic mass is 16.1. The minimum Gasteiger partial charge on any atom is -0.368 e. The number of aryl methyl sites for hydroxylation is 2. The van der Waals surface area contributed by atoms with Gasteiger partial charge in [0.15, 0.2) is 0 Å². The maximum absolute atomic E-state index is 12.1. The van der Waals surface area contributed by atoms with Crippen molar-refractivity contribution in [2.24, 2.45) is 5.73 Å². The van der Waals surface area contributed by atoms with E-state index in [1.165, 1.54) is 0 Å². The molecule has 3 rings (SSSR count). The zero-order valence-corrected chi connectivity index (χ0v) is 15.1. The third-order valence-corrected chi connectivity index (χ3v) is 4.80. The van der Waals surface area contributed by atoms with E-state index in [0.29, 0.717) is 31.7 Å². The van der Waals surface area contributed by atoms with Crippen molar-refractivity contribution in [2.75, 3.05) is 31.1 Å². The van der Waals surface area contributed by atoms with E-state index in [4.69, 9.17) is 5.73 Å². The molecule has 1 aromatic carbocycles. The van der Waals surface area contributed by atoms with Crippen molar-refractivity contribution in [1.29, 1.82) is 5.26 Å². The largest absolute Gasteiger partial charge is 0.368 e. The lowest BCUT2D eigenvalue weighted by Gasteiger charge is -2.39. The molecule has 1 atom stereocenters. The molecular formula is C20H23N5O. The topological polar surface area (TPSA) is 86.3 Å². The van der Waals surface area contributed by atoms with Crippen molar-refractivity contribution in [3.8, 4) is 6.07 Å². The quantitative estimate of drug-likeness (QED) is 0.911. The number of piperazine rings is 1. The second-order valence-corrected chi connectivity index (χ2v) is 6.63. The minimum atomic E-state index is -0.430. The molecule has 2 N–H and O–H groups in total. The fraction of sp³-hybridized carbons (Fsp3) is 0.350. The van der Waals surface area contributed by atoms with E-state index in [1.54, 1.807) is 0 Å². The lowest BCUT2D eigenvalue weighted by molar-refractivity contribution is -0.123. The first kappa shape index (κ1) is 17.9. The van der Waals surface area contributed by atoms with Gasteiger partial charge in [-0.25, -0.2) is 4.98 Å². The molecule has 26 heavy (non-hydrogen) atoms. The number of rotatable bonds is 4. The molecule has 1 saturated heterocycles. The number of carbonyl (C=O) groups is 1. The van der Waals surface area contributed by atoms with Gasteiger partial charge in [-0.2, -0.15) is 5.26 Å². The van der Waals surface area contributed by atoms with E-state index >= 15 is 0 Å². The van der Waals surface area contributed by atoms with Crippen LogP contribution in [0.2, 0.25) is 0 Å². The number of nitrogens with zero attached hydrogens (tertiary/aromatic N) is 4. The lowest BCUT2D eigenvalue weighted by atomic mass is 10.0. The van der Waals surface area contributed by atoms with Crippen LogP contribution in [0.15, 0.2) is 36.4 Å². The molecule has 0 saturated carbocycles. The number of benzene rings is 1. The predicted molar refractivity (Wildman–Crippen MR) is 101 cm³/mol. The van der Waals surface area contributed by atoms with Crippen molar-refractivity contribution in [1.82, 2.24) is 9.88 Å². The Labute approximate surface area is 153 Å². The zero-order chi connectivity index (χ0) is 18.7. The highest BCUT2D eigenvalue weighted by Gasteiger charge is 2.30. The number of amides is 1. The van der Waals surface area contributed by atoms with Gasteiger partial charge in [-0.05, 0) is 31.0 Å². The second-order valence-electron chi connectivity index (χ2n) is 6.63. The second kappa shape index (κ2) is 7.54. The molecule has 1 aliphatic rings. The van der Waals surface area contributed by atoms with Gasteiger partial charge in [0.1, 0.15) is 17.9 Å². The van der Waals surface area contributed by atoms with Crippen molar-refractivity contribution in [3.63, 3.8) is 0 Å². The molecule has 6 heteroatoms. The Hall–Kier alpha value is -2.91. The van der Waals surface area contributed by atoms with E-state index in [2.05, 4.69) is 20.9 Å². The van der Waals surface area contributed by atoms with Crippen LogP contribution in [0.3, 0.4) is 0 Å². The number of nitrogens with two attached hydrogens (primary N) is 1. The standard InChI is InChI=1S/C20H23N5O/c1-14-12-15(2)23-20(17(14)13-21)25-10-8-24(9-11-25)18(19(22)26)16-6-4-3-5-7-16/h3-7,12,18H,8-11H2,1-2H3,(H2,22,26)/t18-/m0/s1. The van der Waals surface area contributed by atoms with Crippen LogP contribution in [-0.2, 0) is 4.79 Å². The summed E-state index contributed by atoms with van der Waals surface area (Å²) in [5, 5.41) is 9.49. The molecule has 1 aromatic heterocycles. The number of primary amides is 1. The van der Waals surface area contributed by atoms with Crippen LogP contribution in [0.25, 0.3) is 0 Å². The molecule has 2 aromatic rings. The van der Waals surface area contributed by atoms with Crippen LogP contribution < -0.4 is 10.6 Å². The molecular weight excluding hydrogens is 326 g/mol. The van der Waals surface area contributed by atoms with Crippen LogP contribution >= 0.6 is 0 Å². The van der Waals surface area contributed by atoms with Gasteiger partial charge in [-0.15, -0.1) is 0 Å². The molecule has 1 amide bonds. The van der Waals surface area contributed by atoms with Gasteiger partial charge < -0.3 is 10.6 Å². The van der Waals surface area contributed by atoms with Crippen LogP contribution in [0.5, 0.6) is 0 Å². The van der Waals surface area contributed by atoms with Gasteiger partial charge in [0, 0.05) is 31.9 Å². The first-order valence-electron chi connectivity index (χ1n) is 8.73. The SMILES string of the molecule is Cc1cc(C)c(C#N)c(N2CCN([C@H](C(N)=O)c3ccccc3)CC2)n1. The van der Waals surface area contributed by atoms with Crippen molar-refractivity contribution in [2.45, 2.75) is 19.9 Å². The number of hydrogen-bond donors (Lipinski definition) is 1. The van der Waals surface area contributed by atoms with Crippen molar-refractivity contribution >= 4 is 11.7 Å². The maximum atomic E-state index is 12.1. The van der Waals surface area contributed by atoms with E-state index in [-0.39, 0.29) is 5.91 Å². The Bertz CT molecular complexity index is 835. The third-order valence-electron chi connectivity index (χ3n) is 4.80. The molecule has 0 aliphatic carbocycles. The minimum absolute atomic E-state index is 0.341. The van der Waals surface area contributed by atoms with Crippen LogP contribution in [0, 0.1) is 25.2 Å². The number of hydrogen-bond acceptors (Lipinski definition) is 5. The molecule has 6 nitrogen and oxygen atoms in total. The van der Waals surface area contributed by atoms with E-state index in [0.717, 1.165) is 22.6 Å². The first-order chi connectivity index (χ1) is 12.5. The molecule has 0 radical (unpaired) electrons. The van der Waals surface area contributed by atoms with Crippen LogP contribution in [-0.4, -0.2) is 42.0 Å². The average molecular weight is 349 g/mol. The highest BCUT2D eigenvalue weighted by Crippen LogP contribution is 2.26. The summed E-state index contributed by atoms with van der Waals surface area (Å²) < 4.78 is 0.